The van der Waals surface area contributed by atoms with Gasteiger partial charge in [0.1, 0.15) is 0 Å². The van der Waals surface area contributed by atoms with Crippen LogP contribution in [0.4, 0.5) is 0 Å². The van der Waals surface area contributed by atoms with Gasteiger partial charge in [-0.15, -0.1) is 0 Å². The second-order valence-corrected chi connectivity index (χ2v) is 11.2. The fourth-order valence-electron chi connectivity index (χ4n) is 5.77. The smallest absolute Gasteiger partial charge is 0.0974 e. The number of unbranched alkanes of at least 4 members (excludes halogenated alkanes) is 12. The minimum absolute atomic E-state index is 0.338. The van der Waals surface area contributed by atoms with Crippen LogP contribution < -0.4 is 10.9 Å². The predicted molar refractivity (Wildman–Crippen MR) is 145 cm³/mol. The highest BCUT2D eigenvalue weighted by Crippen LogP contribution is 2.38. The quantitative estimate of drug-likeness (QED) is 0.111. The Kier molecular flexibility index (Phi) is 14.5. The summed E-state index contributed by atoms with van der Waals surface area (Å²) >= 11 is 0. The van der Waals surface area contributed by atoms with Crippen molar-refractivity contribution < 1.29 is 0 Å². The highest BCUT2D eigenvalue weighted by atomic mass is 15.8. The Balaban J connectivity index is 1.72. The van der Waals surface area contributed by atoms with E-state index in [-0.39, 0.29) is 0 Å². The van der Waals surface area contributed by atoms with E-state index >= 15 is 0 Å². The minimum atomic E-state index is 0.338. The molecule has 33 heavy (non-hydrogen) atoms. The third kappa shape index (κ3) is 10.5. The van der Waals surface area contributed by atoms with Gasteiger partial charge in [-0.25, -0.2) is 20.9 Å². The van der Waals surface area contributed by atoms with E-state index in [0.29, 0.717) is 11.3 Å². The van der Waals surface area contributed by atoms with Crippen molar-refractivity contribution in [3.63, 3.8) is 0 Å². The van der Waals surface area contributed by atoms with Crippen LogP contribution in [0.25, 0.3) is 0 Å². The highest BCUT2D eigenvalue weighted by molar-refractivity contribution is 5.00. The van der Waals surface area contributed by atoms with E-state index in [1.54, 1.807) is 0 Å². The lowest BCUT2D eigenvalue weighted by Crippen LogP contribution is -2.23. The van der Waals surface area contributed by atoms with Gasteiger partial charge in [0.05, 0.1) is 11.3 Å². The lowest BCUT2D eigenvalue weighted by molar-refractivity contribution is 0.304. The molecule has 4 nitrogen and oxygen atoms in total. The number of hydrogen-bond acceptors (Lipinski definition) is 4. The Labute approximate surface area is 208 Å². The second-order valence-electron chi connectivity index (χ2n) is 11.2. The van der Waals surface area contributed by atoms with Gasteiger partial charge in [-0.1, -0.05) is 130 Å². The third-order valence-electron chi connectivity index (χ3n) is 8.16. The van der Waals surface area contributed by atoms with Crippen LogP contribution in [-0.2, 0) is 0 Å². The SMILES string of the molecule is CCCCCCC1(CCCCCC)NN1CCCN1NC1(CCCCCC)CCCCCC. The first-order valence-corrected chi connectivity index (χ1v) is 15.3. The fraction of sp³-hybridized carbons (Fsp3) is 1.00. The van der Waals surface area contributed by atoms with Gasteiger partial charge in [-0.2, -0.15) is 0 Å². The number of hydrogen-bond donors (Lipinski definition) is 2. The summed E-state index contributed by atoms with van der Waals surface area (Å²) in [6.07, 6.45) is 28.7. The predicted octanol–water partition coefficient (Wildman–Crippen LogP) is 8.29. The molecule has 0 aliphatic carbocycles. The summed E-state index contributed by atoms with van der Waals surface area (Å²) in [6.45, 7) is 11.7. The maximum absolute atomic E-state index is 3.84. The molecule has 0 saturated carbocycles. The van der Waals surface area contributed by atoms with Gasteiger partial charge in [0, 0.05) is 13.1 Å². The van der Waals surface area contributed by atoms with Gasteiger partial charge in [-0.3, -0.25) is 0 Å². The molecule has 2 atom stereocenters. The van der Waals surface area contributed by atoms with Gasteiger partial charge < -0.3 is 0 Å². The summed E-state index contributed by atoms with van der Waals surface area (Å²) in [6, 6.07) is 0. The van der Waals surface area contributed by atoms with Crippen molar-refractivity contribution in [1.29, 1.82) is 0 Å². The molecule has 0 aromatic carbocycles. The number of hydrazine groups is 2. The summed E-state index contributed by atoms with van der Waals surface area (Å²) < 4.78 is 0. The van der Waals surface area contributed by atoms with Crippen LogP contribution in [0.3, 0.4) is 0 Å². The summed E-state index contributed by atoms with van der Waals surface area (Å²) in [5, 5.41) is 5.22. The van der Waals surface area contributed by atoms with Crippen molar-refractivity contribution in [3.05, 3.63) is 0 Å². The van der Waals surface area contributed by atoms with Gasteiger partial charge in [-0.05, 0) is 32.1 Å². The molecule has 196 valence electrons. The molecule has 2 aliphatic heterocycles. The molecule has 2 aliphatic rings. The van der Waals surface area contributed by atoms with Gasteiger partial charge >= 0.3 is 0 Å². The highest BCUT2D eigenvalue weighted by Gasteiger charge is 2.51. The molecule has 2 unspecified atom stereocenters. The van der Waals surface area contributed by atoms with Crippen LogP contribution in [0.15, 0.2) is 0 Å². The Morgan fingerprint density at radius 1 is 0.394 bits per heavy atom. The molecule has 2 rings (SSSR count). The molecule has 0 spiro atoms. The summed E-state index contributed by atoms with van der Waals surface area (Å²) in [4.78, 5) is 0. The van der Waals surface area contributed by atoms with Crippen LogP contribution in [0.2, 0.25) is 0 Å². The average Bonchev–Trinajstić information content (AvgIpc) is 3.71. The maximum Gasteiger partial charge on any atom is 0.0974 e. The minimum Gasteiger partial charge on any atom is -0.232 e. The van der Waals surface area contributed by atoms with Crippen molar-refractivity contribution in [1.82, 2.24) is 20.9 Å². The van der Waals surface area contributed by atoms with E-state index in [2.05, 4.69) is 48.6 Å². The molecule has 0 amide bonds. The first-order valence-electron chi connectivity index (χ1n) is 15.3. The molecule has 0 bridgehead atoms. The topological polar surface area (TPSA) is 49.9 Å². The molecule has 0 aromatic heterocycles. The Morgan fingerprint density at radius 3 is 0.970 bits per heavy atom. The number of rotatable bonds is 24. The van der Waals surface area contributed by atoms with E-state index in [4.69, 9.17) is 0 Å². The zero-order valence-electron chi connectivity index (χ0n) is 23.2. The van der Waals surface area contributed by atoms with Crippen molar-refractivity contribution >= 4 is 0 Å². The van der Waals surface area contributed by atoms with E-state index in [0.717, 1.165) is 0 Å². The van der Waals surface area contributed by atoms with Gasteiger partial charge in [0.15, 0.2) is 0 Å². The second kappa shape index (κ2) is 16.5. The van der Waals surface area contributed by atoms with Crippen LogP contribution in [0.1, 0.15) is 163 Å². The fourth-order valence-corrected chi connectivity index (χ4v) is 5.77. The molecule has 0 aromatic rings. The zero-order valence-corrected chi connectivity index (χ0v) is 23.2. The molecule has 0 radical (unpaired) electrons. The first kappa shape index (κ1) is 29.1. The summed E-state index contributed by atoms with van der Waals surface area (Å²) in [7, 11) is 0. The Bertz CT molecular complexity index is 414. The van der Waals surface area contributed by atoms with Gasteiger partial charge in [0.25, 0.3) is 0 Å². The lowest BCUT2D eigenvalue weighted by Gasteiger charge is -2.17. The Hall–Kier alpha value is -0.160. The zero-order chi connectivity index (χ0) is 23.8. The molecule has 2 saturated heterocycles. The van der Waals surface area contributed by atoms with Crippen molar-refractivity contribution in [2.75, 3.05) is 13.1 Å². The van der Waals surface area contributed by atoms with Crippen LogP contribution in [0.5, 0.6) is 0 Å². The first-order chi connectivity index (χ1) is 16.2. The lowest BCUT2D eigenvalue weighted by atomic mass is 9.97. The maximum atomic E-state index is 3.84. The molecule has 2 heterocycles. The molecular weight excluding hydrogens is 404 g/mol. The number of nitrogens with one attached hydrogen (secondary N) is 2. The monoisotopic (exact) mass is 464 g/mol. The normalized spacial score (nSPS) is 22.5. The van der Waals surface area contributed by atoms with E-state index in [9.17, 15) is 0 Å². The van der Waals surface area contributed by atoms with Crippen LogP contribution in [-0.4, -0.2) is 34.4 Å². The van der Waals surface area contributed by atoms with Crippen molar-refractivity contribution in [2.45, 2.75) is 174 Å². The Morgan fingerprint density at radius 2 is 0.697 bits per heavy atom. The van der Waals surface area contributed by atoms with Crippen LogP contribution in [0, 0.1) is 0 Å². The average molecular weight is 465 g/mol. The third-order valence-corrected chi connectivity index (χ3v) is 8.16. The van der Waals surface area contributed by atoms with E-state index in [1.807, 2.05) is 0 Å². The number of nitrogens with zero attached hydrogens (tertiary/aromatic N) is 2. The van der Waals surface area contributed by atoms with E-state index < -0.39 is 0 Å². The standard InChI is InChI=1S/C29H60N4/c1-5-9-13-17-22-28(23-18-14-10-6-2)30-32(28)26-21-27-33-29(31-33,24-19-15-11-7-3)25-20-16-12-8-4/h30-31H,5-27H2,1-4H3. The van der Waals surface area contributed by atoms with Crippen molar-refractivity contribution in [2.24, 2.45) is 0 Å². The van der Waals surface area contributed by atoms with Crippen molar-refractivity contribution in [3.8, 4) is 0 Å². The molecular formula is C29H60N4. The van der Waals surface area contributed by atoms with E-state index in [1.165, 1.54) is 148 Å². The largest absolute Gasteiger partial charge is 0.232 e. The molecule has 2 N–H and O–H groups in total. The summed E-state index contributed by atoms with van der Waals surface area (Å²) in [5.74, 6) is 0. The molecule has 2 fully saturated rings. The summed E-state index contributed by atoms with van der Waals surface area (Å²) in [5.41, 5.74) is 8.36. The molecule has 4 heteroatoms. The van der Waals surface area contributed by atoms with Crippen LogP contribution >= 0.6 is 0 Å². The van der Waals surface area contributed by atoms with Gasteiger partial charge in [0.2, 0.25) is 0 Å².